The van der Waals surface area contributed by atoms with Crippen molar-refractivity contribution in [3.8, 4) is 5.75 Å². The first-order chi connectivity index (χ1) is 11.9. The third kappa shape index (κ3) is 6.46. The average Bonchev–Trinajstić information content (AvgIpc) is 2.60. The number of rotatable bonds is 7. The lowest BCUT2D eigenvalue weighted by Gasteiger charge is -2.13. The summed E-state index contributed by atoms with van der Waals surface area (Å²) < 4.78 is 11.1. The lowest BCUT2D eigenvalue weighted by molar-refractivity contribution is -0.149. The zero-order chi connectivity index (χ0) is 18.2. The predicted molar refractivity (Wildman–Crippen MR) is 100.0 cm³/mol. The van der Waals surface area contributed by atoms with E-state index in [4.69, 9.17) is 9.47 Å². The summed E-state index contributed by atoms with van der Waals surface area (Å²) in [6.45, 7) is -0.621. The number of hydrogen-bond acceptors (Lipinski definition) is 5. The van der Waals surface area contributed by atoms with Crippen LogP contribution in [0.2, 0.25) is 0 Å². The number of benzene rings is 2. The maximum atomic E-state index is 11.8. The Kier molecular flexibility index (Phi) is 6.82. The summed E-state index contributed by atoms with van der Waals surface area (Å²) in [7, 11) is 3.87. The minimum absolute atomic E-state index is 0.257. The highest BCUT2D eigenvalue weighted by atomic mass is 79.9. The molecule has 25 heavy (non-hydrogen) atoms. The topological polar surface area (TPSA) is 67.9 Å². The highest BCUT2D eigenvalue weighted by Crippen LogP contribution is 2.16. The molecule has 0 saturated carbocycles. The van der Waals surface area contributed by atoms with Gasteiger partial charge in [-0.1, -0.05) is 15.9 Å². The van der Waals surface area contributed by atoms with Crippen molar-refractivity contribution in [1.29, 1.82) is 0 Å². The smallest absolute Gasteiger partial charge is 0.344 e. The van der Waals surface area contributed by atoms with Gasteiger partial charge < -0.3 is 19.7 Å². The molecule has 2 aromatic rings. The molecule has 132 valence electrons. The molecule has 7 heteroatoms. The predicted octanol–water partition coefficient (Wildman–Crippen LogP) is 3.08. The van der Waals surface area contributed by atoms with E-state index in [0.29, 0.717) is 11.4 Å². The number of carbonyl (C=O) groups excluding carboxylic acids is 2. The van der Waals surface area contributed by atoms with Crippen LogP contribution >= 0.6 is 15.9 Å². The Morgan fingerprint density at radius 1 is 1.00 bits per heavy atom. The van der Waals surface area contributed by atoms with E-state index in [1.807, 2.05) is 31.1 Å². The summed E-state index contributed by atoms with van der Waals surface area (Å²) in [5.41, 5.74) is 1.66. The average molecular weight is 407 g/mol. The number of nitrogens with zero attached hydrogens (tertiary/aromatic N) is 1. The fourth-order valence-corrected chi connectivity index (χ4v) is 2.17. The van der Waals surface area contributed by atoms with E-state index in [1.54, 1.807) is 36.4 Å². The molecule has 0 aromatic heterocycles. The molecule has 0 fully saturated rings. The summed E-state index contributed by atoms with van der Waals surface area (Å²) in [6.07, 6.45) is 0. The van der Waals surface area contributed by atoms with Crippen molar-refractivity contribution in [3.63, 3.8) is 0 Å². The number of carbonyl (C=O) groups is 2. The van der Waals surface area contributed by atoms with Gasteiger partial charge in [-0.25, -0.2) is 4.79 Å². The number of halogens is 1. The van der Waals surface area contributed by atoms with Crippen molar-refractivity contribution in [1.82, 2.24) is 0 Å². The van der Waals surface area contributed by atoms with Gasteiger partial charge in [-0.05, 0) is 48.5 Å². The minimum Gasteiger partial charge on any atom is -0.482 e. The molecular formula is C18H19BrN2O4. The van der Waals surface area contributed by atoms with Gasteiger partial charge >= 0.3 is 5.97 Å². The largest absolute Gasteiger partial charge is 0.482 e. The lowest BCUT2D eigenvalue weighted by atomic mass is 10.2. The number of ether oxygens (including phenoxy) is 2. The number of nitrogens with one attached hydrogen (secondary N) is 1. The fraction of sp³-hybridized carbons (Fsp3) is 0.222. The van der Waals surface area contributed by atoms with Gasteiger partial charge in [0.1, 0.15) is 5.75 Å². The van der Waals surface area contributed by atoms with E-state index in [9.17, 15) is 9.59 Å². The Bertz CT molecular complexity index is 715. The molecular weight excluding hydrogens is 388 g/mol. The highest BCUT2D eigenvalue weighted by molar-refractivity contribution is 9.10. The van der Waals surface area contributed by atoms with Crippen molar-refractivity contribution in [2.45, 2.75) is 0 Å². The van der Waals surface area contributed by atoms with Crippen LogP contribution in [0.25, 0.3) is 0 Å². The van der Waals surface area contributed by atoms with Crippen LogP contribution in [-0.2, 0) is 14.3 Å². The number of anilines is 2. The molecule has 6 nitrogen and oxygen atoms in total. The van der Waals surface area contributed by atoms with Crippen molar-refractivity contribution in [2.75, 3.05) is 37.5 Å². The Balaban J connectivity index is 1.71. The van der Waals surface area contributed by atoms with E-state index in [-0.39, 0.29) is 13.2 Å². The first kappa shape index (κ1) is 18.8. The summed E-state index contributed by atoms with van der Waals surface area (Å²) >= 11 is 3.31. The van der Waals surface area contributed by atoms with Gasteiger partial charge in [-0.3, -0.25) is 4.79 Å². The van der Waals surface area contributed by atoms with E-state index >= 15 is 0 Å². The van der Waals surface area contributed by atoms with Crippen LogP contribution < -0.4 is 15.0 Å². The molecule has 1 amide bonds. The maximum Gasteiger partial charge on any atom is 0.344 e. The van der Waals surface area contributed by atoms with Gasteiger partial charge in [0.15, 0.2) is 13.2 Å². The second kappa shape index (κ2) is 9.08. The van der Waals surface area contributed by atoms with Gasteiger partial charge in [0.2, 0.25) is 0 Å². The first-order valence-corrected chi connectivity index (χ1v) is 8.34. The summed E-state index contributed by atoms with van der Waals surface area (Å²) in [5.74, 6) is -0.471. The standard InChI is InChI=1S/C18H19BrN2O4/c1-21(2)15-7-5-14(6-8-15)20-17(22)11-25-18(23)12-24-16-9-3-13(19)4-10-16/h3-10H,11-12H2,1-2H3,(H,20,22). The van der Waals surface area contributed by atoms with Gasteiger partial charge in [0.05, 0.1) is 0 Å². The number of amides is 1. The highest BCUT2D eigenvalue weighted by Gasteiger charge is 2.09. The molecule has 0 atom stereocenters. The molecule has 0 heterocycles. The van der Waals surface area contributed by atoms with Gasteiger partial charge in [0.25, 0.3) is 5.91 Å². The first-order valence-electron chi connectivity index (χ1n) is 7.55. The van der Waals surface area contributed by atoms with E-state index in [1.165, 1.54) is 0 Å². The molecule has 0 aliphatic carbocycles. The Morgan fingerprint density at radius 2 is 1.64 bits per heavy atom. The molecule has 0 aliphatic rings. The van der Waals surface area contributed by atoms with Crippen molar-refractivity contribution in [2.24, 2.45) is 0 Å². The lowest BCUT2D eigenvalue weighted by Crippen LogP contribution is -2.23. The van der Waals surface area contributed by atoms with Crippen molar-refractivity contribution < 1.29 is 19.1 Å². The van der Waals surface area contributed by atoms with Gasteiger partial charge in [0, 0.05) is 29.9 Å². The SMILES string of the molecule is CN(C)c1ccc(NC(=O)COC(=O)COc2ccc(Br)cc2)cc1. The molecule has 2 rings (SSSR count). The van der Waals surface area contributed by atoms with Crippen LogP contribution in [0.4, 0.5) is 11.4 Å². The summed E-state index contributed by atoms with van der Waals surface area (Å²) in [6, 6.07) is 14.4. The molecule has 0 radical (unpaired) electrons. The number of hydrogen-bond donors (Lipinski definition) is 1. The van der Waals surface area contributed by atoms with E-state index < -0.39 is 11.9 Å². The van der Waals surface area contributed by atoms with Crippen LogP contribution in [0.1, 0.15) is 0 Å². The Labute approximate surface area is 154 Å². The van der Waals surface area contributed by atoms with E-state index in [0.717, 1.165) is 10.2 Å². The van der Waals surface area contributed by atoms with Crippen LogP contribution in [0.5, 0.6) is 5.75 Å². The molecule has 0 bridgehead atoms. The Morgan fingerprint density at radius 3 is 2.24 bits per heavy atom. The Hall–Kier alpha value is -2.54. The van der Waals surface area contributed by atoms with Crippen molar-refractivity contribution >= 4 is 39.2 Å². The number of esters is 1. The van der Waals surface area contributed by atoms with Gasteiger partial charge in [-0.15, -0.1) is 0 Å². The molecule has 0 spiro atoms. The zero-order valence-electron chi connectivity index (χ0n) is 14.0. The second-order valence-corrected chi connectivity index (χ2v) is 6.31. The van der Waals surface area contributed by atoms with Crippen LogP contribution in [0, 0.1) is 0 Å². The molecule has 2 aromatic carbocycles. The summed E-state index contributed by atoms with van der Waals surface area (Å²) in [5, 5.41) is 2.66. The maximum absolute atomic E-state index is 11.8. The normalized spacial score (nSPS) is 10.0. The van der Waals surface area contributed by atoms with Crippen LogP contribution in [0.3, 0.4) is 0 Å². The van der Waals surface area contributed by atoms with Crippen LogP contribution in [0.15, 0.2) is 53.0 Å². The quantitative estimate of drug-likeness (QED) is 0.715. The minimum atomic E-state index is -0.610. The third-order valence-electron chi connectivity index (χ3n) is 3.20. The zero-order valence-corrected chi connectivity index (χ0v) is 15.6. The molecule has 0 aliphatic heterocycles. The van der Waals surface area contributed by atoms with Gasteiger partial charge in [-0.2, -0.15) is 0 Å². The summed E-state index contributed by atoms with van der Waals surface area (Å²) in [4.78, 5) is 25.4. The molecule has 0 saturated heterocycles. The van der Waals surface area contributed by atoms with Crippen molar-refractivity contribution in [3.05, 3.63) is 53.0 Å². The fourth-order valence-electron chi connectivity index (χ4n) is 1.90. The molecule has 0 unspecified atom stereocenters. The monoisotopic (exact) mass is 406 g/mol. The third-order valence-corrected chi connectivity index (χ3v) is 3.73. The van der Waals surface area contributed by atoms with E-state index in [2.05, 4.69) is 21.2 Å². The molecule has 1 N–H and O–H groups in total. The van der Waals surface area contributed by atoms with Crippen LogP contribution in [-0.4, -0.2) is 39.2 Å². The second-order valence-electron chi connectivity index (χ2n) is 5.39.